The summed E-state index contributed by atoms with van der Waals surface area (Å²) in [6, 6.07) is 19.3. The molecule has 3 aromatic carbocycles. The molecule has 0 unspecified atom stereocenters. The predicted molar refractivity (Wildman–Crippen MR) is 139 cm³/mol. The number of nitrogens with zero attached hydrogens (tertiary/aromatic N) is 3. The summed E-state index contributed by atoms with van der Waals surface area (Å²) in [5.74, 6) is 0.741. The molecule has 1 atom stereocenters. The highest BCUT2D eigenvalue weighted by atomic mass is 16.5. The molecule has 0 aliphatic carbocycles. The average molecular weight is 450 g/mol. The second-order valence-electron chi connectivity index (χ2n) is 9.41. The first-order chi connectivity index (χ1) is 16.4. The van der Waals surface area contributed by atoms with Crippen molar-refractivity contribution < 1.29 is 4.74 Å². The zero-order chi connectivity index (χ0) is 23.8. The van der Waals surface area contributed by atoms with Crippen molar-refractivity contribution in [3.63, 3.8) is 0 Å². The van der Waals surface area contributed by atoms with Crippen LogP contribution in [0.15, 0.2) is 72.0 Å². The highest BCUT2D eigenvalue weighted by Gasteiger charge is 2.24. The lowest BCUT2D eigenvalue weighted by molar-refractivity contribution is 0.319. The van der Waals surface area contributed by atoms with Crippen LogP contribution in [-0.2, 0) is 11.3 Å². The van der Waals surface area contributed by atoms with Crippen LogP contribution in [0.1, 0.15) is 50.5 Å². The Kier molecular flexibility index (Phi) is 5.91. The van der Waals surface area contributed by atoms with Gasteiger partial charge in [0.05, 0.1) is 0 Å². The van der Waals surface area contributed by atoms with Gasteiger partial charge in [-0.25, -0.2) is 4.99 Å². The maximum absolute atomic E-state index is 6.06. The molecule has 0 bridgehead atoms. The summed E-state index contributed by atoms with van der Waals surface area (Å²) in [6.45, 7) is 15.6. The number of aliphatic imine (C=N–C) groups is 1. The van der Waals surface area contributed by atoms with E-state index in [1.54, 1.807) is 0 Å². The van der Waals surface area contributed by atoms with E-state index >= 15 is 0 Å². The molecule has 2 heterocycles. The highest BCUT2D eigenvalue weighted by molar-refractivity contribution is 5.97. The lowest BCUT2D eigenvalue weighted by Gasteiger charge is -2.23. The van der Waals surface area contributed by atoms with Crippen molar-refractivity contribution in [1.29, 1.82) is 0 Å². The quantitative estimate of drug-likeness (QED) is 0.443. The molecule has 0 saturated heterocycles. The van der Waals surface area contributed by atoms with Crippen LogP contribution in [0, 0.1) is 41.3 Å². The number of rotatable bonds is 5. The van der Waals surface area contributed by atoms with Crippen molar-refractivity contribution in [3.8, 4) is 0 Å². The standard InChI is InChI=1S/C30H31N3O/c1-20-13-23(4)29(24(5)14-20)33-12-11-32(19-33)17-26-16-27(22(3)15-21(26)2)30-31-28(18-34-30)25-9-7-6-8-10-25/h6-16,28H,17-18H2,1-5H3/t28-/m1/s1. The van der Waals surface area contributed by atoms with E-state index in [1.807, 2.05) is 6.07 Å². The molecule has 0 N–H and O–H groups in total. The van der Waals surface area contributed by atoms with Gasteiger partial charge in [-0.2, -0.15) is 0 Å². The Balaban J connectivity index is 1.35. The van der Waals surface area contributed by atoms with Crippen molar-refractivity contribution in [3.05, 3.63) is 118 Å². The van der Waals surface area contributed by atoms with E-state index in [2.05, 4.69) is 112 Å². The predicted octanol–water partition coefficient (Wildman–Crippen LogP) is 6.54. The number of anilines is 1. The van der Waals surface area contributed by atoms with E-state index < -0.39 is 0 Å². The van der Waals surface area contributed by atoms with Crippen molar-refractivity contribution in [1.82, 2.24) is 4.90 Å². The summed E-state index contributed by atoms with van der Waals surface area (Å²) < 4.78 is 6.06. The molecule has 3 aromatic rings. The molecule has 4 nitrogen and oxygen atoms in total. The molecule has 0 aromatic heterocycles. The van der Waals surface area contributed by atoms with E-state index in [4.69, 9.17) is 9.73 Å². The van der Waals surface area contributed by atoms with Crippen molar-refractivity contribution in [2.24, 2.45) is 4.99 Å². The van der Waals surface area contributed by atoms with Gasteiger partial charge in [-0.3, -0.25) is 0 Å². The summed E-state index contributed by atoms with van der Waals surface area (Å²) in [6.07, 6.45) is 4.18. The third-order valence-corrected chi connectivity index (χ3v) is 6.60. The largest absolute Gasteiger partial charge is 0.475 e. The minimum Gasteiger partial charge on any atom is -0.475 e. The van der Waals surface area contributed by atoms with Crippen LogP contribution in [0.2, 0.25) is 0 Å². The Morgan fingerprint density at radius 3 is 2.35 bits per heavy atom. The first-order valence-corrected chi connectivity index (χ1v) is 11.8. The minimum absolute atomic E-state index is 0.0538. The minimum atomic E-state index is 0.0538. The number of hydrogen-bond acceptors (Lipinski definition) is 4. The van der Waals surface area contributed by atoms with E-state index in [1.165, 1.54) is 44.6 Å². The summed E-state index contributed by atoms with van der Waals surface area (Å²) in [7, 11) is 0. The molecular formula is C30H31N3O. The van der Waals surface area contributed by atoms with Crippen LogP contribution < -0.4 is 4.90 Å². The summed E-state index contributed by atoms with van der Waals surface area (Å²) in [5, 5.41) is 0. The molecule has 4 heteroatoms. The molecule has 5 rings (SSSR count). The first kappa shape index (κ1) is 22.3. The fraction of sp³-hybridized carbons (Fsp3) is 0.267. The summed E-state index contributed by atoms with van der Waals surface area (Å²) in [4.78, 5) is 9.13. The van der Waals surface area contributed by atoms with E-state index in [0.717, 1.165) is 18.0 Å². The van der Waals surface area contributed by atoms with Crippen LogP contribution in [0.5, 0.6) is 0 Å². The van der Waals surface area contributed by atoms with E-state index in [9.17, 15) is 0 Å². The van der Waals surface area contributed by atoms with Crippen LogP contribution >= 0.6 is 0 Å². The van der Waals surface area contributed by atoms with Crippen LogP contribution in [0.25, 0.3) is 0 Å². The average Bonchev–Trinajstić information content (AvgIpc) is 3.46. The van der Waals surface area contributed by atoms with Gasteiger partial charge in [0.2, 0.25) is 12.6 Å². The zero-order valence-corrected chi connectivity index (χ0v) is 20.6. The van der Waals surface area contributed by atoms with Crippen molar-refractivity contribution in [2.75, 3.05) is 11.5 Å². The lowest BCUT2D eigenvalue weighted by Crippen LogP contribution is -2.20. The molecule has 0 spiro atoms. The molecule has 2 aliphatic rings. The molecule has 34 heavy (non-hydrogen) atoms. The van der Waals surface area contributed by atoms with Gasteiger partial charge in [0.1, 0.15) is 12.6 Å². The normalized spacial score (nSPS) is 17.3. The molecule has 0 saturated carbocycles. The Bertz CT molecular complexity index is 1250. The first-order valence-electron chi connectivity index (χ1n) is 11.8. The second kappa shape index (κ2) is 9.02. The van der Waals surface area contributed by atoms with Gasteiger partial charge in [0.25, 0.3) is 0 Å². The molecule has 2 aliphatic heterocycles. The van der Waals surface area contributed by atoms with Crippen LogP contribution in [0.4, 0.5) is 5.69 Å². The zero-order valence-electron chi connectivity index (χ0n) is 20.6. The fourth-order valence-corrected chi connectivity index (χ4v) is 4.97. The Morgan fingerprint density at radius 2 is 1.62 bits per heavy atom. The Morgan fingerprint density at radius 1 is 0.882 bits per heavy atom. The van der Waals surface area contributed by atoms with Gasteiger partial charge in [-0.1, -0.05) is 54.1 Å². The maximum Gasteiger partial charge on any atom is 0.217 e. The van der Waals surface area contributed by atoms with Gasteiger partial charge in [-0.15, -0.1) is 0 Å². The molecule has 0 fully saturated rings. The van der Waals surface area contributed by atoms with Gasteiger partial charge in [0.15, 0.2) is 0 Å². The van der Waals surface area contributed by atoms with Gasteiger partial charge in [-0.05, 0) is 74.1 Å². The smallest absolute Gasteiger partial charge is 0.217 e. The SMILES string of the molecule is Cc1cc(C)c(N2[C]N(Cc3cc(C4=N[C@@H](c5ccccc5)CO4)c(C)cc3C)C=C2)c(C)c1. The summed E-state index contributed by atoms with van der Waals surface area (Å²) in [5.41, 5.74) is 11.0. The topological polar surface area (TPSA) is 28.1 Å². The van der Waals surface area contributed by atoms with Gasteiger partial charge < -0.3 is 14.5 Å². The van der Waals surface area contributed by atoms with E-state index in [0.29, 0.717) is 6.61 Å². The lowest BCUT2D eigenvalue weighted by atomic mass is 9.99. The van der Waals surface area contributed by atoms with Crippen LogP contribution in [-0.4, -0.2) is 17.4 Å². The van der Waals surface area contributed by atoms with E-state index in [-0.39, 0.29) is 6.04 Å². The number of hydrogen-bond donors (Lipinski definition) is 0. The van der Waals surface area contributed by atoms with Crippen molar-refractivity contribution >= 4 is 11.6 Å². The fourth-order valence-electron chi connectivity index (χ4n) is 4.97. The molecule has 2 radical (unpaired) electrons. The highest BCUT2D eigenvalue weighted by Crippen LogP contribution is 2.32. The van der Waals surface area contributed by atoms with Crippen LogP contribution in [0.3, 0.4) is 0 Å². The number of aryl methyl sites for hydroxylation is 5. The van der Waals surface area contributed by atoms with Crippen molar-refractivity contribution in [2.45, 2.75) is 47.2 Å². The third-order valence-electron chi connectivity index (χ3n) is 6.60. The molecular weight excluding hydrogens is 418 g/mol. The number of benzene rings is 3. The third kappa shape index (κ3) is 4.33. The Hall–Kier alpha value is -3.53. The number of ether oxygens (including phenoxy) is 1. The summed E-state index contributed by atoms with van der Waals surface area (Å²) >= 11 is 0. The maximum atomic E-state index is 6.06. The second-order valence-corrected chi connectivity index (χ2v) is 9.41. The molecule has 0 amide bonds. The van der Waals surface area contributed by atoms with Gasteiger partial charge in [0, 0.05) is 30.2 Å². The Labute approximate surface area is 203 Å². The monoisotopic (exact) mass is 449 g/mol. The van der Waals surface area contributed by atoms with Gasteiger partial charge >= 0.3 is 0 Å². The molecule has 172 valence electrons.